The number of para-hydroxylation sites is 2. The third kappa shape index (κ3) is 3.52. The molecule has 0 heterocycles. The number of ether oxygens (including phenoxy) is 2. The lowest BCUT2D eigenvalue weighted by Gasteiger charge is -2.17. The normalized spacial score (nSPS) is 11.6. The molecule has 132 valence electrons. The van der Waals surface area contributed by atoms with E-state index in [-0.39, 0.29) is 5.91 Å². The molecular formula is C21H19NO4. The molecule has 26 heavy (non-hydrogen) atoms. The third-order valence-electron chi connectivity index (χ3n) is 4.09. The van der Waals surface area contributed by atoms with Crippen molar-refractivity contribution in [3.63, 3.8) is 0 Å². The van der Waals surface area contributed by atoms with E-state index < -0.39 is 6.10 Å². The second kappa shape index (κ2) is 7.70. The van der Waals surface area contributed by atoms with Gasteiger partial charge in [-0.3, -0.25) is 9.59 Å². The number of carbonyl (C=O) groups excluding carboxylic acids is 2. The SMILES string of the molecule is COc1ccccc1NC(=O)[C@@H](C)Oc1ccc2ccccc2c1C=O. The van der Waals surface area contributed by atoms with Crippen molar-refractivity contribution in [3.8, 4) is 11.5 Å². The van der Waals surface area contributed by atoms with Gasteiger partial charge in [0.05, 0.1) is 18.4 Å². The van der Waals surface area contributed by atoms with E-state index in [0.29, 0.717) is 22.7 Å². The zero-order chi connectivity index (χ0) is 18.5. The summed E-state index contributed by atoms with van der Waals surface area (Å²) in [6.07, 6.45) is -0.0394. The van der Waals surface area contributed by atoms with E-state index in [1.807, 2.05) is 36.4 Å². The highest BCUT2D eigenvalue weighted by atomic mass is 16.5. The van der Waals surface area contributed by atoms with Gasteiger partial charge in [-0.1, -0.05) is 42.5 Å². The van der Waals surface area contributed by atoms with Crippen molar-refractivity contribution in [2.24, 2.45) is 0 Å². The number of benzene rings is 3. The molecule has 0 radical (unpaired) electrons. The average Bonchev–Trinajstić information content (AvgIpc) is 2.68. The molecule has 0 aliphatic carbocycles. The minimum Gasteiger partial charge on any atom is -0.495 e. The molecule has 0 fully saturated rings. The molecule has 0 saturated carbocycles. The fourth-order valence-corrected chi connectivity index (χ4v) is 2.73. The Hall–Kier alpha value is -3.34. The first-order valence-electron chi connectivity index (χ1n) is 8.21. The molecule has 3 aromatic rings. The summed E-state index contributed by atoms with van der Waals surface area (Å²) in [7, 11) is 1.54. The number of carbonyl (C=O) groups is 2. The summed E-state index contributed by atoms with van der Waals surface area (Å²) in [4.78, 5) is 24.0. The Balaban J connectivity index is 1.81. The summed E-state index contributed by atoms with van der Waals surface area (Å²) < 4.78 is 11.0. The van der Waals surface area contributed by atoms with Crippen LogP contribution < -0.4 is 14.8 Å². The van der Waals surface area contributed by atoms with E-state index in [9.17, 15) is 9.59 Å². The fraction of sp³-hybridized carbons (Fsp3) is 0.143. The van der Waals surface area contributed by atoms with Gasteiger partial charge < -0.3 is 14.8 Å². The first-order chi connectivity index (χ1) is 12.6. The van der Waals surface area contributed by atoms with Gasteiger partial charge in [-0.25, -0.2) is 0 Å². The molecule has 0 aliphatic heterocycles. The van der Waals surface area contributed by atoms with Crippen molar-refractivity contribution in [1.82, 2.24) is 0 Å². The Morgan fingerprint density at radius 2 is 1.73 bits per heavy atom. The number of methoxy groups -OCH3 is 1. The van der Waals surface area contributed by atoms with Crippen molar-refractivity contribution >= 4 is 28.7 Å². The van der Waals surface area contributed by atoms with Gasteiger partial charge in [-0.15, -0.1) is 0 Å². The van der Waals surface area contributed by atoms with Crippen molar-refractivity contribution < 1.29 is 19.1 Å². The van der Waals surface area contributed by atoms with E-state index in [0.717, 1.165) is 17.1 Å². The molecule has 0 saturated heterocycles. The van der Waals surface area contributed by atoms with Crippen LogP contribution in [0.25, 0.3) is 10.8 Å². The van der Waals surface area contributed by atoms with E-state index in [4.69, 9.17) is 9.47 Å². The Morgan fingerprint density at radius 3 is 2.50 bits per heavy atom. The molecule has 0 aromatic heterocycles. The summed E-state index contributed by atoms with van der Waals surface area (Å²) in [6, 6.07) is 18.2. The number of rotatable bonds is 6. The number of hydrogen-bond donors (Lipinski definition) is 1. The predicted molar refractivity (Wildman–Crippen MR) is 101 cm³/mol. The van der Waals surface area contributed by atoms with Gasteiger partial charge in [-0.2, -0.15) is 0 Å². The third-order valence-corrected chi connectivity index (χ3v) is 4.09. The molecule has 0 bridgehead atoms. The number of hydrogen-bond acceptors (Lipinski definition) is 4. The highest BCUT2D eigenvalue weighted by Crippen LogP contribution is 2.28. The number of nitrogens with one attached hydrogen (secondary N) is 1. The Bertz CT molecular complexity index is 952. The predicted octanol–water partition coefficient (Wildman–Crippen LogP) is 4.07. The van der Waals surface area contributed by atoms with Gasteiger partial charge >= 0.3 is 0 Å². The maximum Gasteiger partial charge on any atom is 0.265 e. The summed E-state index contributed by atoms with van der Waals surface area (Å²) in [5, 5.41) is 4.51. The van der Waals surface area contributed by atoms with E-state index in [1.165, 1.54) is 7.11 Å². The molecule has 0 aliphatic rings. The largest absolute Gasteiger partial charge is 0.495 e. The number of fused-ring (bicyclic) bond motifs is 1. The standard InChI is InChI=1S/C21H19NO4/c1-14(21(24)22-18-9-5-6-10-20(18)25-2)26-19-12-11-15-7-3-4-8-16(15)17(19)13-23/h3-14H,1-2H3,(H,22,24)/t14-/m1/s1. The van der Waals surface area contributed by atoms with Gasteiger partial charge in [0.15, 0.2) is 12.4 Å². The number of amides is 1. The minimum absolute atomic E-state index is 0.334. The second-order valence-electron chi connectivity index (χ2n) is 5.77. The van der Waals surface area contributed by atoms with Crippen LogP contribution >= 0.6 is 0 Å². The molecule has 5 heteroatoms. The molecular weight excluding hydrogens is 330 g/mol. The maximum atomic E-state index is 12.5. The minimum atomic E-state index is -0.792. The molecule has 1 atom stereocenters. The molecule has 0 spiro atoms. The first-order valence-corrected chi connectivity index (χ1v) is 8.21. The van der Waals surface area contributed by atoms with Crippen molar-refractivity contribution in [1.29, 1.82) is 0 Å². The summed E-state index contributed by atoms with van der Waals surface area (Å²) in [5.74, 6) is 0.605. The van der Waals surface area contributed by atoms with E-state index in [1.54, 1.807) is 31.2 Å². The van der Waals surface area contributed by atoms with Crippen molar-refractivity contribution in [3.05, 3.63) is 66.2 Å². The van der Waals surface area contributed by atoms with Crippen LogP contribution in [0.4, 0.5) is 5.69 Å². The van der Waals surface area contributed by atoms with Crippen LogP contribution in [-0.2, 0) is 4.79 Å². The van der Waals surface area contributed by atoms with Gasteiger partial charge in [0.25, 0.3) is 5.91 Å². The van der Waals surface area contributed by atoms with E-state index >= 15 is 0 Å². The zero-order valence-corrected chi connectivity index (χ0v) is 14.6. The molecule has 5 nitrogen and oxygen atoms in total. The number of anilines is 1. The van der Waals surface area contributed by atoms with Gasteiger partial charge in [0, 0.05) is 0 Å². The molecule has 1 amide bonds. The van der Waals surface area contributed by atoms with Crippen LogP contribution in [0.15, 0.2) is 60.7 Å². The monoisotopic (exact) mass is 349 g/mol. The molecule has 3 aromatic carbocycles. The molecule has 0 unspecified atom stereocenters. The smallest absolute Gasteiger partial charge is 0.265 e. The lowest BCUT2D eigenvalue weighted by molar-refractivity contribution is -0.122. The van der Waals surface area contributed by atoms with Gasteiger partial charge in [0.1, 0.15) is 11.5 Å². The summed E-state index contributed by atoms with van der Waals surface area (Å²) >= 11 is 0. The van der Waals surface area contributed by atoms with Gasteiger partial charge in [0.2, 0.25) is 0 Å². The fourth-order valence-electron chi connectivity index (χ4n) is 2.73. The highest BCUT2D eigenvalue weighted by molar-refractivity contribution is 6.01. The van der Waals surface area contributed by atoms with E-state index in [2.05, 4.69) is 5.32 Å². The zero-order valence-electron chi connectivity index (χ0n) is 14.6. The maximum absolute atomic E-state index is 12.5. The second-order valence-corrected chi connectivity index (χ2v) is 5.77. The lowest BCUT2D eigenvalue weighted by Crippen LogP contribution is -2.30. The lowest BCUT2D eigenvalue weighted by atomic mass is 10.0. The van der Waals surface area contributed by atoms with Crippen LogP contribution in [0, 0.1) is 0 Å². The number of aldehydes is 1. The average molecular weight is 349 g/mol. The quantitative estimate of drug-likeness (QED) is 0.682. The van der Waals surface area contributed by atoms with Crippen LogP contribution in [0.1, 0.15) is 17.3 Å². The Morgan fingerprint density at radius 1 is 1.00 bits per heavy atom. The van der Waals surface area contributed by atoms with Gasteiger partial charge in [-0.05, 0) is 35.9 Å². The highest BCUT2D eigenvalue weighted by Gasteiger charge is 2.18. The Labute approximate surface area is 151 Å². The topological polar surface area (TPSA) is 64.6 Å². The van der Waals surface area contributed by atoms with Crippen molar-refractivity contribution in [2.45, 2.75) is 13.0 Å². The molecule has 1 N–H and O–H groups in total. The summed E-state index contributed by atoms with van der Waals surface area (Å²) in [6.45, 7) is 1.63. The van der Waals surface area contributed by atoms with Crippen LogP contribution in [0.3, 0.4) is 0 Å². The van der Waals surface area contributed by atoms with Crippen molar-refractivity contribution in [2.75, 3.05) is 12.4 Å². The Kier molecular flexibility index (Phi) is 5.17. The summed E-state index contributed by atoms with van der Waals surface area (Å²) in [5.41, 5.74) is 0.990. The first kappa shape index (κ1) is 17.5. The van der Waals surface area contributed by atoms with Crippen LogP contribution in [0.2, 0.25) is 0 Å². The van der Waals surface area contributed by atoms with Crippen LogP contribution in [0.5, 0.6) is 11.5 Å². The van der Waals surface area contributed by atoms with Crippen LogP contribution in [-0.4, -0.2) is 25.4 Å². The molecule has 3 rings (SSSR count).